The first-order valence-corrected chi connectivity index (χ1v) is 51.1. The smallest absolute Gasteiger partial charge is 0.341 e. The number of carbonyl (C=O) groups excluding carboxylic acids is 7. The third-order valence-electron chi connectivity index (χ3n) is 26.2. The molecular formula is C103H135Cl2FN16O21S2. The number of aliphatic carboxylic acids is 1. The number of ether oxygens (including phenoxy) is 4. The SMILES string of the molecule is Cc1ncsc1-c1ccc(CNC(=O)[C@@H]2C[C@@H](O)CN2C(=O)[C@@H](CC(=O)CCCCCCCCCC(=O)COc2cc([C@@H](O)[C@H]3O[C@@H](n4ccc5c(N)ncnc54)[C@H](O)[C@@H]3O)ccc2Cl)C(C)(C)C)cc1.Cc1ncsc1-c1ccc(CNC(=O)[C@@H]2C[C@@H](O)CN2C(=O)[C@@H](NC(=O)CCCCCCCCN)C(C)(C)C)cc1.Nc1ncnc2c1ccn2[C@@H]1O[C@H]([C@H](O)c2ccc(Cl)c(OCC(=O)O)c2)[C@@H](O)[C@H]1O.[2H]CF. The van der Waals surface area contributed by atoms with Crippen molar-refractivity contribution in [2.75, 3.05) is 51.5 Å². The molecule has 4 aliphatic heterocycles. The molecule has 4 aliphatic rings. The Bertz CT molecular complexity index is 6010. The molecule has 0 bridgehead atoms. The summed E-state index contributed by atoms with van der Waals surface area (Å²) < 4.78 is 41.2. The van der Waals surface area contributed by atoms with E-state index in [1.807, 2.05) is 115 Å². The van der Waals surface area contributed by atoms with Crippen LogP contribution in [0.15, 0.2) is 133 Å². The van der Waals surface area contributed by atoms with Crippen LogP contribution in [0.25, 0.3) is 42.9 Å². The fraction of sp³-hybridized carbons (Fsp3) is 0.515. The van der Waals surface area contributed by atoms with Gasteiger partial charge in [0.1, 0.15) is 126 Å². The number of anilines is 2. The maximum atomic E-state index is 14.1. The van der Waals surface area contributed by atoms with Crippen molar-refractivity contribution in [2.45, 2.75) is 282 Å². The number of nitrogens with two attached hydrogens (primary N) is 3. The molecule has 5 amide bonds. The number of hydrogen-bond acceptors (Lipinski definition) is 31. The van der Waals surface area contributed by atoms with Crippen LogP contribution >= 0.6 is 45.9 Å². The number of likely N-dealkylation sites (tertiary alicyclic amines) is 2. The average molecular weight is 2090 g/mol. The van der Waals surface area contributed by atoms with E-state index in [0.29, 0.717) is 72.8 Å². The molecule has 16 atom stereocenters. The number of halogens is 3. The van der Waals surface area contributed by atoms with Crippen LogP contribution in [0.1, 0.15) is 223 Å². The van der Waals surface area contributed by atoms with Crippen molar-refractivity contribution < 1.29 is 109 Å². The van der Waals surface area contributed by atoms with E-state index in [4.69, 9.17) is 65.8 Å². The number of nitrogen functional groups attached to an aromatic ring is 2. The zero-order chi connectivity index (χ0) is 106. The molecule has 4 aromatic carbocycles. The Hall–Kier alpha value is -11.2. The number of amides is 5. The molecule has 6 aromatic heterocycles. The van der Waals surface area contributed by atoms with Gasteiger partial charge in [-0.05, 0) is 127 Å². The summed E-state index contributed by atoms with van der Waals surface area (Å²) in [6.45, 7) is 16.0. The number of rotatable bonds is 43. The molecule has 18 N–H and O–H groups in total. The second-order valence-corrected chi connectivity index (χ2v) is 41.5. The largest absolute Gasteiger partial charge is 0.484 e. The standard InChI is InChI=1S/C52H66ClN7O10S.C31H47N5O4S.C19H19ClN4O7.CH3F/c1-30-46(71-29-58-30)32-16-14-31(15-17-32)25-55-49(67)40-24-36(63)26-60(40)50(68)38(52(2,3)4)23-34(61)12-10-8-6-5-7-9-11-13-35(62)27-69-41-22-33(18-19-39(41)53)42(64)45-43(65)44(66)51(70-45)59-21-20-37-47(54)56-28-57-48(37)59;1-21-27(41-20-34-21)23-14-12-22(13-15-23)18-33-29(39)25-17-24(37)19-36(25)30(40)28(31(2,3)4)35-26(38)11-9-7-5-6-8-10-16-32;20-10-2-1-8(5-11(10)30-6-12(25)26)13(27)16-14(28)15(29)19(31-16)24-4-3-9-17(21)22-7-23-18(9)24;1-2/h14-22,28-29,36,38,40,42-45,51,63-66H,5-13,23-27H2,1-4H3,(H,55,67)(H2,54,56,57);12-15,20,24-25,28,37H,5-11,16-19,32H2,1-4H3,(H,33,39)(H,35,38);1-5,7,13-16,19,27-29H,6H2,(H,25,26)(H2,21,22,23);1H3/t36-,38-,40+,42-,43+,44-,45-,51-;24-,25+,28-;13-,14+,15-,16-,19-;/m111./s1/i;;;1D. The Balaban J connectivity index is 0.000000227. The number of carboxylic acid groups (broad SMARTS) is 1. The van der Waals surface area contributed by atoms with Crippen LogP contribution in [-0.4, -0.2) is 249 Å². The van der Waals surface area contributed by atoms with E-state index in [-0.39, 0.29) is 125 Å². The van der Waals surface area contributed by atoms with Gasteiger partial charge in [0.2, 0.25) is 29.5 Å². The molecular weight excluding hydrogens is 1950 g/mol. The lowest BCUT2D eigenvalue weighted by Crippen LogP contribution is -2.57. The number of benzene rings is 4. The first-order valence-electron chi connectivity index (χ1n) is 49.3. The summed E-state index contributed by atoms with van der Waals surface area (Å²) in [5.41, 5.74) is 27.1. The summed E-state index contributed by atoms with van der Waals surface area (Å²) in [5.74, 6) is -2.65. The van der Waals surface area contributed by atoms with Gasteiger partial charge in [-0.1, -0.05) is 183 Å². The molecule has 0 saturated carbocycles. The van der Waals surface area contributed by atoms with Gasteiger partial charge in [-0.25, -0.2) is 34.7 Å². The van der Waals surface area contributed by atoms with Crippen molar-refractivity contribution in [3.05, 3.63) is 177 Å². The first-order chi connectivity index (χ1) is 69.6. The summed E-state index contributed by atoms with van der Waals surface area (Å²) in [5, 5.41) is 105. The van der Waals surface area contributed by atoms with Gasteiger partial charge in [0.15, 0.2) is 24.8 Å². The molecule has 10 heterocycles. The number of unbranched alkanes of at least 4 members (excludes halogenated alkanes) is 11. The normalized spacial score (nSPS) is 20.7. The molecule has 4 fully saturated rings. The monoisotopic (exact) mass is 2090 g/mol. The van der Waals surface area contributed by atoms with E-state index >= 15 is 0 Å². The third-order valence-corrected chi connectivity index (χ3v) is 28.8. The van der Waals surface area contributed by atoms with Gasteiger partial charge in [-0.2, -0.15) is 0 Å². The number of aryl methyl sites for hydroxylation is 2. The molecule has 4 saturated heterocycles. The van der Waals surface area contributed by atoms with Crippen molar-refractivity contribution in [3.63, 3.8) is 0 Å². The number of Topliss-reactive ketones (excluding diaryl/α,β-unsaturated/α-hetero) is 2. The summed E-state index contributed by atoms with van der Waals surface area (Å²) in [6.07, 6.45) is 4.50. The molecule has 14 rings (SSSR count). The third kappa shape index (κ3) is 30.3. The minimum absolute atomic E-state index is 0.000841. The lowest BCUT2D eigenvalue weighted by atomic mass is 9.76. The molecule has 0 radical (unpaired) electrons. The summed E-state index contributed by atoms with van der Waals surface area (Å²) in [7, 11) is -1.00. The molecule has 42 heteroatoms. The van der Waals surface area contributed by atoms with E-state index in [1.54, 1.807) is 53.3 Å². The van der Waals surface area contributed by atoms with Crippen LogP contribution in [-0.2, 0) is 60.9 Å². The highest BCUT2D eigenvalue weighted by Gasteiger charge is 2.51. The number of nitrogens with zero attached hydrogens (tertiary/aromatic N) is 10. The zero-order valence-corrected chi connectivity index (χ0v) is 85.8. The number of aromatic nitrogens is 8. The van der Waals surface area contributed by atoms with Gasteiger partial charge in [-0.3, -0.25) is 38.0 Å². The topological polar surface area (TPSA) is 563 Å². The van der Waals surface area contributed by atoms with Gasteiger partial charge in [0, 0.05) is 83.0 Å². The van der Waals surface area contributed by atoms with E-state index in [2.05, 4.69) is 45.9 Å². The second kappa shape index (κ2) is 53.4. The summed E-state index contributed by atoms with van der Waals surface area (Å²) >= 11 is 15.6. The predicted molar refractivity (Wildman–Crippen MR) is 547 cm³/mol. The maximum absolute atomic E-state index is 14.1. The Morgan fingerprint density at radius 2 is 0.945 bits per heavy atom. The number of carboxylic acids is 1. The zero-order valence-electron chi connectivity index (χ0n) is 83.6. The van der Waals surface area contributed by atoms with Gasteiger partial charge in [0.05, 0.1) is 73.7 Å². The summed E-state index contributed by atoms with van der Waals surface area (Å²) in [6, 6.07) is 25.6. The summed E-state index contributed by atoms with van der Waals surface area (Å²) in [4.78, 5) is 134. The number of hydrogen-bond donors (Lipinski definition) is 15. The number of carbonyl (C=O) groups is 8. The Labute approximate surface area is 860 Å². The molecule has 37 nitrogen and oxygen atoms in total. The lowest BCUT2D eigenvalue weighted by Gasteiger charge is -2.35. The van der Waals surface area contributed by atoms with Crippen LogP contribution in [0.4, 0.5) is 16.0 Å². The number of alkyl halides is 1. The van der Waals surface area contributed by atoms with Crippen molar-refractivity contribution in [1.29, 1.82) is 0 Å². The molecule has 786 valence electrons. The molecule has 0 unspecified atom stereocenters. The van der Waals surface area contributed by atoms with Crippen molar-refractivity contribution in [2.24, 2.45) is 22.5 Å². The number of β-amino-alcohol motifs (C(OH)–C–C–N with tert-alkyl or cyclic N) is 2. The van der Waals surface area contributed by atoms with Crippen molar-refractivity contribution in [3.8, 4) is 32.4 Å². The van der Waals surface area contributed by atoms with E-state index < -0.39 is 128 Å². The highest BCUT2D eigenvalue weighted by molar-refractivity contribution is 7.13. The number of thiazole rings is 2. The Kier molecular flexibility index (Phi) is 41.5. The minimum Gasteiger partial charge on any atom is -0.484 e. The average Bonchev–Trinajstić information content (AvgIpc) is 1.61. The molecule has 145 heavy (non-hydrogen) atoms. The Morgan fingerprint density at radius 1 is 0.538 bits per heavy atom. The maximum Gasteiger partial charge on any atom is 0.341 e. The van der Waals surface area contributed by atoms with E-state index in [1.165, 1.54) is 61.9 Å². The number of fused-ring (bicyclic) bond motifs is 2. The Morgan fingerprint density at radius 3 is 1.35 bits per heavy atom. The van der Waals surface area contributed by atoms with Gasteiger partial charge in [-0.15, -0.1) is 22.7 Å². The number of aliphatic hydroxyl groups is 8. The minimum atomic E-state index is -1.45. The van der Waals surface area contributed by atoms with Crippen molar-refractivity contribution >= 4 is 127 Å². The van der Waals surface area contributed by atoms with Crippen LogP contribution < -0.4 is 42.6 Å². The van der Waals surface area contributed by atoms with Crippen LogP contribution in [0.5, 0.6) is 11.5 Å². The quantitative estimate of drug-likeness (QED) is 0.0158. The first kappa shape index (κ1) is 113. The van der Waals surface area contributed by atoms with E-state index in [9.17, 15) is 83.6 Å². The second-order valence-electron chi connectivity index (χ2n) is 39.0. The van der Waals surface area contributed by atoms with Crippen LogP contribution in [0.2, 0.25) is 10.0 Å². The fourth-order valence-electron chi connectivity index (χ4n) is 18.1. The molecule has 0 spiro atoms. The highest BCUT2D eigenvalue weighted by atomic mass is 35.5. The van der Waals surface area contributed by atoms with Crippen molar-refractivity contribution in [1.82, 2.24) is 64.8 Å². The number of ketones is 2. The predicted octanol–water partition coefficient (Wildman–Crippen LogP) is 11.8. The van der Waals surface area contributed by atoms with E-state index in [0.717, 1.165) is 114 Å². The van der Waals surface area contributed by atoms with Crippen LogP contribution in [0.3, 0.4) is 0 Å². The fourth-order valence-corrected chi connectivity index (χ4v) is 20.0. The lowest BCUT2D eigenvalue weighted by molar-refractivity contribution is -0.146. The number of aliphatic hydroxyl groups excluding tert-OH is 8. The van der Waals surface area contributed by atoms with Crippen LogP contribution in [0, 0.1) is 30.6 Å². The highest BCUT2D eigenvalue weighted by Crippen LogP contribution is 2.44. The van der Waals surface area contributed by atoms with Gasteiger partial charge in [0.25, 0.3) is 0 Å². The molecule has 0 aliphatic carbocycles. The van der Waals surface area contributed by atoms with Gasteiger partial charge >= 0.3 is 5.97 Å². The van der Waals surface area contributed by atoms with Gasteiger partial charge < -0.3 is 117 Å². The molecule has 10 aromatic rings. The number of nitrogens with one attached hydrogen (secondary N) is 3.